The molecule has 7 heteroatoms. The van der Waals surface area contributed by atoms with Crippen molar-refractivity contribution in [1.82, 2.24) is 14.7 Å². The molecule has 88 valence electrons. The zero-order valence-corrected chi connectivity index (χ0v) is 8.61. The number of aliphatic carboxylic acids is 2. The molecule has 0 radical (unpaired) electrons. The van der Waals surface area contributed by atoms with Gasteiger partial charge in [-0.1, -0.05) is 0 Å². The van der Waals surface area contributed by atoms with Gasteiger partial charge in [-0.25, -0.2) is 0 Å². The maximum atomic E-state index is 10.5. The topological polar surface area (TPSA) is 95.7 Å². The van der Waals surface area contributed by atoms with Crippen LogP contribution in [-0.4, -0.2) is 56.5 Å². The van der Waals surface area contributed by atoms with Gasteiger partial charge in [-0.3, -0.25) is 19.2 Å². The first-order chi connectivity index (χ1) is 7.58. The first kappa shape index (κ1) is 12.2. The molecule has 0 amide bonds. The normalized spacial score (nSPS) is 10.6. The van der Waals surface area contributed by atoms with E-state index < -0.39 is 11.9 Å². The maximum Gasteiger partial charge on any atom is 0.317 e. The van der Waals surface area contributed by atoms with Gasteiger partial charge >= 0.3 is 11.9 Å². The molecule has 0 saturated heterocycles. The number of hydrogen-bond donors (Lipinski definition) is 2. The molecular formula is C9H13N3O4. The van der Waals surface area contributed by atoms with Gasteiger partial charge in [0.15, 0.2) is 0 Å². The Morgan fingerprint density at radius 1 is 1.25 bits per heavy atom. The van der Waals surface area contributed by atoms with Gasteiger partial charge in [0.2, 0.25) is 0 Å². The van der Waals surface area contributed by atoms with Crippen molar-refractivity contribution in [2.75, 3.05) is 19.6 Å². The molecule has 7 nitrogen and oxygen atoms in total. The van der Waals surface area contributed by atoms with Gasteiger partial charge in [-0.05, 0) is 6.07 Å². The van der Waals surface area contributed by atoms with Crippen LogP contribution in [0.25, 0.3) is 0 Å². The quantitative estimate of drug-likeness (QED) is 0.643. The molecule has 1 heterocycles. The molecule has 0 saturated carbocycles. The summed E-state index contributed by atoms with van der Waals surface area (Å²) in [4.78, 5) is 22.3. The van der Waals surface area contributed by atoms with Crippen LogP contribution in [-0.2, 0) is 16.1 Å². The highest BCUT2D eigenvalue weighted by atomic mass is 16.4. The monoisotopic (exact) mass is 227 g/mol. The van der Waals surface area contributed by atoms with Gasteiger partial charge in [0.25, 0.3) is 0 Å². The van der Waals surface area contributed by atoms with Crippen molar-refractivity contribution >= 4 is 11.9 Å². The molecule has 0 unspecified atom stereocenters. The fraction of sp³-hybridized carbons (Fsp3) is 0.444. The summed E-state index contributed by atoms with van der Waals surface area (Å²) in [5, 5.41) is 21.1. The smallest absolute Gasteiger partial charge is 0.317 e. The lowest BCUT2D eigenvalue weighted by atomic mass is 10.4. The van der Waals surface area contributed by atoms with E-state index in [0.29, 0.717) is 13.1 Å². The Labute approximate surface area is 91.9 Å². The van der Waals surface area contributed by atoms with Gasteiger partial charge in [-0.2, -0.15) is 5.10 Å². The molecule has 1 aromatic rings. The number of carboxylic acids is 2. The summed E-state index contributed by atoms with van der Waals surface area (Å²) < 4.78 is 1.62. The Hall–Kier alpha value is -1.89. The summed E-state index contributed by atoms with van der Waals surface area (Å²) in [6.45, 7) is 0.231. The predicted molar refractivity (Wildman–Crippen MR) is 53.9 cm³/mol. The maximum absolute atomic E-state index is 10.5. The Morgan fingerprint density at radius 2 is 1.88 bits per heavy atom. The van der Waals surface area contributed by atoms with Crippen LogP contribution in [0.4, 0.5) is 0 Å². The molecule has 0 aromatic carbocycles. The molecule has 0 bridgehead atoms. The van der Waals surface area contributed by atoms with Crippen LogP contribution in [0, 0.1) is 0 Å². The third-order valence-corrected chi connectivity index (χ3v) is 1.92. The fourth-order valence-electron chi connectivity index (χ4n) is 1.27. The number of carboxylic acid groups (broad SMARTS) is 2. The van der Waals surface area contributed by atoms with Crippen molar-refractivity contribution < 1.29 is 19.8 Å². The average Bonchev–Trinajstić information content (AvgIpc) is 2.64. The Balaban J connectivity index is 2.43. The lowest BCUT2D eigenvalue weighted by molar-refractivity contribution is -0.141. The Bertz CT molecular complexity index is 334. The van der Waals surface area contributed by atoms with Crippen molar-refractivity contribution in [2.45, 2.75) is 6.54 Å². The molecule has 1 rings (SSSR count). The van der Waals surface area contributed by atoms with E-state index in [1.54, 1.807) is 23.1 Å². The number of hydrogen-bond acceptors (Lipinski definition) is 4. The highest BCUT2D eigenvalue weighted by molar-refractivity contribution is 5.72. The van der Waals surface area contributed by atoms with E-state index in [0.717, 1.165) is 0 Å². The average molecular weight is 227 g/mol. The van der Waals surface area contributed by atoms with Gasteiger partial charge in [0.05, 0.1) is 19.6 Å². The number of nitrogens with zero attached hydrogens (tertiary/aromatic N) is 3. The van der Waals surface area contributed by atoms with Crippen LogP contribution < -0.4 is 0 Å². The summed E-state index contributed by atoms with van der Waals surface area (Å²) in [5.74, 6) is -2.08. The zero-order chi connectivity index (χ0) is 12.0. The summed E-state index contributed by atoms with van der Waals surface area (Å²) in [7, 11) is 0. The molecule has 0 spiro atoms. The van der Waals surface area contributed by atoms with Crippen LogP contribution in [0.3, 0.4) is 0 Å². The molecule has 0 aliphatic carbocycles. The highest BCUT2D eigenvalue weighted by Gasteiger charge is 2.12. The van der Waals surface area contributed by atoms with Crippen molar-refractivity contribution in [1.29, 1.82) is 0 Å². The van der Waals surface area contributed by atoms with Crippen molar-refractivity contribution in [2.24, 2.45) is 0 Å². The minimum Gasteiger partial charge on any atom is -0.480 e. The minimum absolute atomic E-state index is 0.284. The summed E-state index contributed by atoms with van der Waals surface area (Å²) >= 11 is 0. The largest absolute Gasteiger partial charge is 0.480 e. The van der Waals surface area contributed by atoms with Gasteiger partial charge in [0, 0.05) is 18.9 Å². The van der Waals surface area contributed by atoms with Crippen LogP contribution >= 0.6 is 0 Å². The first-order valence-electron chi connectivity index (χ1n) is 4.71. The van der Waals surface area contributed by atoms with E-state index in [1.807, 2.05) is 0 Å². The molecule has 0 atom stereocenters. The van der Waals surface area contributed by atoms with Crippen LogP contribution in [0.5, 0.6) is 0 Å². The summed E-state index contributed by atoms with van der Waals surface area (Å²) in [5.41, 5.74) is 0. The second-order valence-corrected chi connectivity index (χ2v) is 3.27. The van der Waals surface area contributed by atoms with Crippen LogP contribution in [0.1, 0.15) is 0 Å². The Morgan fingerprint density at radius 3 is 2.31 bits per heavy atom. The zero-order valence-electron chi connectivity index (χ0n) is 8.61. The second kappa shape index (κ2) is 5.86. The number of carbonyl (C=O) groups is 2. The van der Waals surface area contributed by atoms with Crippen molar-refractivity contribution in [3.05, 3.63) is 18.5 Å². The molecule has 2 N–H and O–H groups in total. The molecular weight excluding hydrogens is 214 g/mol. The van der Waals surface area contributed by atoms with Crippen LogP contribution in [0.2, 0.25) is 0 Å². The highest BCUT2D eigenvalue weighted by Crippen LogP contribution is 1.92. The molecule has 0 aliphatic heterocycles. The second-order valence-electron chi connectivity index (χ2n) is 3.27. The van der Waals surface area contributed by atoms with Gasteiger partial charge < -0.3 is 10.2 Å². The lowest BCUT2D eigenvalue weighted by Crippen LogP contribution is -2.36. The third-order valence-electron chi connectivity index (χ3n) is 1.92. The Kier molecular flexibility index (Phi) is 4.46. The van der Waals surface area contributed by atoms with E-state index in [-0.39, 0.29) is 13.1 Å². The van der Waals surface area contributed by atoms with E-state index >= 15 is 0 Å². The summed E-state index contributed by atoms with van der Waals surface area (Å²) in [6, 6.07) is 1.75. The molecule has 16 heavy (non-hydrogen) atoms. The third kappa shape index (κ3) is 4.56. The van der Waals surface area contributed by atoms with Crippen LogP contribution in [0.15, 0.2) is 18.5 Å². The van der Waals surface area contributed by atoms with E-state index in [2.05, 4.69) is 5.10 Å². The lowest BCUT2D eigenvalue weighted by Gasteiger charge is -2.17. The van der Waals surface area contributed by atoms with E-state index in [9.17, 15) is 9.59 Å². The minimum atomic E-state index is -1.04. The predicted octanol–water partition coefficient (Wildman–Crippen LogP) is -0.646. The molecule has 1 aromatic heterocycles. The molecule has 0 fully saturated rings. The van der Waals surface area contributed by atoms with Gasteiger partial charge in [0.1, 0.15) is 0 Å². The molecule has 0 aliphatic rings. The van der Waals surface area contributed by atoms with E-state index in [1.165, 1.54) is 4.90 Å². The van der Waals surface area contributed by atoms with E-state index in [4.69, 9.17) is 10.2 Å². The SMILES string of the molecule is O=C(O)CN(CCn1cccn1)CC(=O)O. The van der Waals surface area contributed by atoms with Crippen molar-refractivity contribution in [3.63, 3.8) is 0 Å². The number of rotatable bonds is 7. The van der Waals surface area contributed by atoms with Gasteiger partial charge in [-0.15, -0.1) is 0 Å². The summed E-state index contributed by atoms with van der Waals surface area (Å²) in [6.07, 6.45) is 3.35. The number of aromatic nitrogens is 2. The fourth-order valence-corrected chi connectivity index (χ4v) is 1.27. The standard InChI is InChI=1S/C9H13N3O4/c13-8(14)6-11(7-9(15)16)4-5-12-3-1-2-10-12/h1-3H,4-7H2,(H,13,14)(H,15,16). The van der Waals surface area contributed by atoms with Crippen molar-refractivity contribution in [3.8, 4) is 0 Å². The first-order valence-corrected chi connectivity index (χ1v) is 4.71.